The van der Waals surface area contributed by atoms with Gasteiger partial charge in [0.15, 0.2) is 0 Å². The zero-order chi connectivity index (χ0) is 19.7. The third-order valence-electron chi connectivity index (χ3n) is 5.67. The number of hydrogen-bond donors (Lipinski definition) is 1. The summed E-state index contributed by atoms with van der Waals surface area (Å²) in [6.07, 6.45) is 5.26. The Bertz CT molecular complexity index is 1040. The third-order valence-corrected chi connectivity index (χ3v) is 5.67. The summed E-state index contributed by atoms with van der Waals surface area (Å²) < 4.78 is 1.70. The van der Waals surface area contributed by atoms with Crippen LogP contribution in [0.1, 0.15) is 48.7 Å². The number of carbonyl (C=O) groups excluding carboxylic acids is 1. The molecule has 0 bridgehead atoms. The Morgan fingerprint density at radius 3 is 2.71 bits per heavy atom. The summed E-state index contributed by atoms with van der Waals surface area (Å²) in [5.74, 6) is 0.716. The predicted molar refractivity (Wildman–Crippen MR) is 110 cm³/mol. The number of aromatic nitrogens is 3. The van der Waals surface area contributed by atoms with Gasteiger partial charge in [-0.05, 0) is 30.7 Å². The van der Waals surface area contributed by atoms with Gasteiger partial charge < -0.3 is 9.88 Å². The van der Waals surface area contributed by atoms with Crippen molar-refractivity contribution in [3.8, 4) is 0 Å². The molecule has 6 heteroatoms. The van der Waals surface area contributed by atoms with Gasteiger partial charge in [-0.2, -0.15) is 0 Å². The minimum absolute atomic E-state index is 0.0102. The topological polar surface area (TPSA) is 71.0 Å². The van der Waals surface area contributed by atoms with E-state index in [1.165, 1.54) is 0 Å². The molecule has 1 aromatic carbocycles. The van der Waals surface area contributed by atoms with E-state index in [-0.39, 0.29) is 17.4 Å². The lowest BCUT2D eigenvalue weighted by Crippen LogP contribution is -2.40. The van der Waals surface area contributed by atoms with Crippen LogP contribution in [0.2, 0.25) is 0 Å². The van der Waals surface area contributed by atoms with Crippen molar-refractivity contribution in [1.29, 1.82) is 0 Å². The smallest absolute Gasteiger partial charge is 0.256 e. The van der Waals surface area contributed by atoms with E-state index >= 15 is 0 Å². The molecule has 1 amide bonds. The fourth-order valence-electron chi connectivity index (χ4n) is 3.91. The van der Waals surface area contributed by atoms with Crippen LogP contribution in [-0.4, -0.2) is 38.4 Å². The average Bonchev–Trinajstić information content (AvgIpc) is 3.13. The van der Waals surface area contributed by atoms with Crippen LogP contribution in [0.15, 0.2) is 47.7 Å². The highest BCUT2D eigenvalue weighted by Crippen LogP contribution is 2.24. The van der Waals surface area contributed by atoms with E-state index in [1.807, 2.05) is 43.0 Å². The predicted octanol–water partition coefficient (Wildman–Crippen LogP) is 3.40. The first kappa shape index (κ1) is 18.5. The van der Waals surface area contributed by atoms with E-state index in [9.17, 15) is 9.59 Å². The van der Waals surface area contributed by atoms with Crippen LogP contribution in [0.5, 0.6) is 0 Å². The molecule has 4 rings (SSSR count). The number of aromatic amines is 1. The van der Waals surface area contributed by atoms with Gasteiger partial charge in [0.1, 0.15) is 0 Å². The Hall–Kier alpha value is -2.89. The maximum atomic E-state index is 12.9. The quantitative estimate of drug-likeness (QED) is 0.756. The molecule has 0 radical (unpaired) electrons. The highest BCUT2D eigenvalue weighted by Gasteiger charge is 2.25. The van der Waals surface area contributed by atoms with Gasteiger partial charge in [-0.25, -0.2) is 4.98 Å². The molecule has 1 aliphatic heterocycles. The molecule has 1 N–H and O–H groups in total. The summed E-state index contributed by atoms with van der Waals surface area (Å²) in [6, 6.07) is 9.51. The Balaban J connectivity index is 1.39. The van der Waals surface area contributed by atoms with Gasteiger partial charge in [-0.15, -0.1) is 0 Å². The molecule has 0 aliphatic carbocycles. The first-order valence-electron chi connectivity index (χ1n) is 9.94. The first-order valence-corrected chi connectivity index (χ1v) is 9.94. The maximum absolute atomic E-state index is 12.9. The number of carbonyl (C=O) groups is 1. The molecule has 1 saturated heterocycles. The van der Waals surface area contributed by atoms with Crippen molar-refractivity contribution < 1.29 is 4.79 Å². The van der Waals surface area contributed by atoms with E-state index < -0.39 is 0 Å². The number of rotatable bonds is 4. The van der Waals surface area contributed by atoms with Crippen LogP contribution < -0.4 is 5.56 Å². The molecule has 28 heavy (non-hydrogen) atoms. The van der Waals surface area contributed by atoms with E-state index in [2.05, 4.69) is 9.97 Å². The van der Waals surface area contributed by atoms with Crippen molar-refractivity contribution in [2.45, 2.75) is 39.2 Å². The van der Waals surface area contributed by atoms with Crippen LogP contribution in [0.4, 0.5) is 0 Å². The minimum Gasteiger partial charge on any atom is -0.360 e. The summed E-state index contributed by atoms with van der Waals surface area (Å²) in [5, 5.41) is 0.970. The number of nitrogens with zero attached hydrogens (tertiary/aromatic N) is 3. The minimum atomic E-state index is 0.0102. The molecular weight excluding hydrogens is 352 g/mol. The summed E-state index contributed by atoms with van der Waals surface area (Å²) in [7, 11) is 0. The van der Waals surface area contributed by atoms with Gasteiger partial charge in [0, 0.05) is 42.8 Å². The van der Waals surface area contributed by atoms with Crippen molar-refractivity contribution in [1.82, 2.24) is 19.4 Å². The van der Waals surface area contributed by atoms with Gasteiger partial charge in [-0.1, -0.05) is 32.0 Å². The number of para-hydroxylation sites is 1. The van der Waals surface area contributed by atoms with Crippen molar-refractivity contribution in [3.63, 3.8) is 0 Å². The van der Waals surface area contributed by atoms with Crippen molar-refractivity contribution >= 4 is 16.8 Å². The molecule has 3 aromatic rings. The molecule has 146 valence electrons. The van der Waals surface area contributed by atoms with E-state index in [4.69, 9.17) is 0 Å². The molecule has 3 heterocycles. The van der Waals surface area contributed by atoms with Crippen LogP contribution in [-0.2, 0) is 6.54 Å². The Kier molecular flexibility index (Phi) is 5.03. The van der Waals surface area contributed by atoms with E-state index in [0.29, 0.717) is 12.5 Å². The van der Waals surface area contributed by atoms with Crippen molar-refractivity contribution in [3.05, 3.63) is 64.5 Å². The first-order chi connectivity index (χ1) is 13.5. The normalized spacial score (nSPS) is 15.5. The highest BCUT2D eigenvalue weighted by atomic mass is 16.2. The van der Waals surface area contributed by atoms with Crippen LogP contribution in [0, 0.1) is 5.92 Å². The largest absolute Gasteiger partial charge is 0.360 e. The number of hydrogen-bond acceptors (Lipinski definition) is 3. The zero-order valence-electron chi connectivity index (χ0n) is 16.4. The molecule has 0 saturated carbocycles. The van der Waals surface area contributed by atoms with Gasteiger partial charge in [0.25, 0.3) is 11.5 Å². The van der Waals surface area contributed by atoms with Crippen LogP contribution in [0.3, 0.4) is 0 Å². The molecule has 0 spiro atoms. The maximum Gasteiger partial charge on any atom is 0.256 e. The average molecular weight is 378 g/mol. The number of amides is 1. The molecule has 6 nitrogen and oxygen atoms in total. The van der Waals surface area contributed by atoms with E-state index in [1.54, 1.807) is 23.2 Å². The second-order valence-corrected chi connectivity index (χ2v) is 7.94. The lowest BCUT2D eigenvalue weighted by molar-refractivity contribution is 0.0684. The molecule has 2 aromatic heterocycles. The SMILES string of the molecule is CC(C)c1cc(=O)n(CC2CCN(C(=O)c3c[nH]c4ccccc34)CC2)cn1. The summed E-state index contributed by atoms with van der Waals surface area (Å²) in [4.78, 5) is 34.8. The number of nitrogens with one attached hydrogen (secondary N) is 1. The fourth-order valence-corrected chi connectivity index (χ4v) is 3.91. The number of benzene rings is 1. The van der Waals surface area contributed by atoms with E-state index in [0.717, 1.165) is 48.1 Å². The van der Waals surface area contributed by atoms with Crippen molar-refractivity contribution in [2.24, 2.45) is 5.92 Å². The van der Waals surface area contributed by atoms with Gasteiger partial charge in [0.2, 0.25) is 0 Å². The standard InChI is InChI=1S/C22H26N4O2/c1-15(2)20-11-21(27)26(14-24-20)13-16-7-9-25(10-8-16)22(28)18-12-23-19-6-4-3-5-17(18)19/h3-6,11-12,14-16,23H,7-10,13H2,1-2H3. The number of fused-ring (bicyclic) bond motifs is 1. The summed E-state index contributed by atoms with van der Waals surface area (Å²) in [6.45, 7) is 6.17. The molecule has 1 fully saturated rings. The second kappa shape index (κ2) is 7.62. The monoisotopic (exact) mass is 378 g/mol. The molecule has 0 atom stereocenters. The lowest BCUT2D eigenvalue weighted by Gasteiger charge is -2.32. The number of likely N-dealkylation sites (tertiary alicyclic amines) is 1. The Morgan fingerprint density at radius 2 is 2.00 bits per heavy atom. The Morgan fingerprint density at radius 1 is 1.25 bits per heavy atom. The third kappa shape index (κ3) is 3.59. The second-order valence-electron chi connectivity index (χ2n) is 7.94. The summed E-state index contributed by atoms with van der Waals surface area (Å²) in [5.41, 5.74) is 2.56. The van der Waals surface area contributed by atoms with Gasteiger partial charge in [-0.3, -0.25) is 14.2 Å². The number of H-pyrrole nitrogens is 1. The van der Waals surface area contributed by atoms with Crippen LogP contribution in [0.25, 0.3) is 10.9 Å². The lowest BCUT2D eigenvalue weighted by atomic mass is 9.96. The fraction of sp³-hybridized carbons (Fsp3) is 0.409. The van der Waals surface area contributed by atoms with Gasteiger partial charge in [0.05, 0.1) is 17.6 Å². The number of piperidine rings is 1. The molecular formula is C22H26N4O2. The van der Waals surface area contributed by atoms with Crippen molar-refractivity contribution in [2.75, 3.05) is 13.1 Å². The van der Waals surface area contributed by atoms with Crippen LogP contribution >= 0.6 is 0 Å². The van der Waals surface area contributed by atoms with Gasteiger partial charge >= 0.3 is 0 Å². The molecule has 0 unspecified atom stereocenters. The summed E-state index contributed by atoms with van der Waals surface area (Å²) >= 11 is 0. The highest BCUT2D eigenvalue weighted by molar-refractivity contribution is 6.06. The Labute approximate surface area is 164 Å². The zero-order valence-corrected chi connectivity index (χ0v) is 16.4. The molecule has 1 aliphatic rings.